The second-order valence-corrected chi connectivity index (χ2v) is 9.31. The normalized spacial score (nSPS) is 25.8. The third kappa shape index (κ3) is 3.58. The summed E-state index contributed by atoms with van der Waals surface area (Å²) in [5.41, 5.74) is 2.16. The van der Waals surface area contributed by atoms with E-state index < -0.39 is 10.8 Å². The molecule has 5 rings (SSSR count). The molecule has 0 amide bonds. The minimum atomic E-state index is -0.998. The lowest BCUT2D eigenvalue weighted by molar-refractivity contribution is -0.447. The Hall–Kier alpha value is -1.84. The highest BCUT2D eigenvalue weighted by Crippen LogP contribution is 2.33. The van der Waals surface area contributed by atoms with E-state index in [1.54, 1.807) is 0 Å². The van der Waals surface area contributed by atoms with E-state index in [0.29, 0.717) is 17.7 Å². The summed E-state index contributed by atoms with van der Waals surface area (Å²) in [5, 5.41) is 5.58. The summed E-state index contributed by atoms with van der Waals surface area (Å²) < 4.78 is 18.0. The molecule has 28 heavy (non-hydrogen) atoms. The van der Waals surface area contributed by atoms with E-state index in [2.05, 4.69) is 21.4 Å². The van der Waals surface area contributed by atoms with Gasteiger partial charge in [0.25, 0.3) is 0 Å². The Balaban J connectivity index is 1.35. The number of nitrogens with one attached hydrogen (secondary N) is 1. The van der Waals surface area contributed by atoms with Crippen molar-refractivity contribution < 1.29 is 14.3 Å². The number of anilines is 2. The molecule has 1 atom stereocenters. The summed E-state index contributed by atoms with van der Waals surface area (Å²) in [7, 11) is -0.998. The highest BCUT2D eigenvalue weighted by atomic mass is 32.2. The van der Waals surface area contributed by atoms with Crippen LogP contribution >= 0.6 is 0 Å². The molecular formula is C19H27N6O2S+. The average molecular weight is 404 g/mol. The number of aromatic nitrogens is 2. The highest BCUT2D eigenvalue weighted by Gasteiger charge is 2.30. The van der Waals surface area contributed by atoms with Gasteiger partial charge in [-0.25, -0.2) is 9.98 Å². The van der Waals surface area contributed by atoms with E-state index in [0.717, 1.165) is 80.8 Å². The van der Waals surface area contributed by atoms with Crippen molar-refractivity contribution in [3.05, 3.63) is 17.6 Å². The second kappa shape index (κ2) is 7.88. The highest BCUT2D eigenvalue weighted by molar-refractivity contribution is 7.85. The number of aryl methyl sites for hydroxylation is 1. The van der Waals surface area contributed by atoms with Crippen molar-refractivity contribution in [1.29, 1.82) is 0 Å². The standard InChI is InChI=1S/C19H26N6O2S/c26-28-10-5-15-17(28)18(22-14-3-8-27-9-4-14)24-19(23-15)25-6-1-13(2-7-25)16-11-20-12-21-16/h11-14H,1-10H2,(H,20,21)(H,22,23,24)/p+1. The van der Waals surface area contributed by atoms with Gasteiger partial charge in [0.15, 0.2) is 6.34 Å². The first-order chi connectivity index (χ1) is 13.8. The van der Waals surface area contributed by atoms with Crippen LogP contribution in [0, 0.1) is 5.92 Å². The van der Waals surface area contributed by atoms with E-state index in [9.17, 15) is 4.21 Å². The van der Waals surface area contributed by atoms with Gasteiger partial charge in [-0.1, -0.05) is 0 Å². The van der Waals surface area contributed by atoms with Gasteiger partial charge in [-0.05, 0) is 25.7 Å². The Morgan fingerprint density at radius 1 is 1.18 bits per heavy atom. The van der Waals surface area contributed by atoms with Crippen LogP contribution in [0.2, 0.25) is 0 Å². The molecule has 9 heteroatoms. The van der Waals surface area contributed by atoms with Gasteiger partial charge >= 0.3 is 0 Å². The van der Waals surface area contributed by atoms with Crippen molar-refractivity contribution >= 4 is 28.9 Å². The fourth-order valence-electron chi connectivity index (χ4n) is 4.39. The fraction of sp³-hybridized carbons (Fsp3) is 0.632. The van der Waals surface area contributed by atoms with Crippen LogP contribution in [0.3, 0.4) is 0 Å². The van der Waals surface area contributed by atoms with Crippen LogP contribution in [0.15, 0.2) is 21.8 Å². The number of piperidine rings is 1. The maximum atomic E-state index is 12.5. The molecule has 0 spiro atoms. The monoisotopic (exact) mass is 403 g/mol. The molecule has 0 aliphatic carbocycles. The van der Waals surface area contributed by atoms with Gasteiger partial charge in [-0.15, -0.1) is 0 Å². The van der Waals surface area contributed by atoms with Gasteiger partial charge in [-0.3, -0.25) is 9.53 Å². The third-order valence-corrected chi connectivity index (χ3v) is 7.47. The van der Waals surface area contributed by atoms with Gasteiger partial charge in [0.2, 0.25) is 5.95 Å². The lowest BCUT2D eigenvalue weighted by atomic mass is 9.94. The zero-order chi connectivity index (χ0) is 18.9. The molecule has 150 valence electrons. The Morgan fingerprint density at radius 3 is 2.75 bits per heavy atom. The van der Waals surface area contributed by atoms with Crippen molar-refractivity contribution in [3.8, 4) is 0 Å². The smallest absolute Gasteiger partial charge is 0.227 e. The minimum Gasteiger partial charge on any atom is -0.381 e. The van der Waals surface area contributed by atoms with Crippen LogP contribution in [0.4, 0.5) is 11.8 Å². The topological polar surface area (TPSA) is 96.3 Å². The van der Waals surface area contributed by atoms with Gasteiger partial charge in [0.1, 0.15) is 22.6 Å². The molecule has 4 aliphatic heterocycles. The zero-order valence-electron chi connectivity index (χ0n) is 16.0. The van der Waals surface area contributed by atoms with Crippen molar-refractivity contribution in [2.45, 2.75) is 43.0 Å². The molecule has 0 saturated carbocycles. The van der Waals surface area contributed by atoms with E-state index >= 15 is 0 Å². The predicted octanol–water partition coefficient (Wildman–Crippen LogP) is 0.394. The van der Waals surface area contributed by atoms with Crippen molar-refractivity contribution in [2.75, 3.05) is 42.3 Å². The number of fused-ring (bicyclic) bond motifs is 1. The van der Waals surface area contributed by atoms with Crippen LogP contribution in [-0.2, 0) is 22.0 Å². The van der Waals surface area contributed by atoms with Crippen LogP contribution in [0.25, 0.3) is 0 Å². The minimum absolute atomic E-state index is 0.326. The summed E-state index contributed by atoms with van der Waals surface area (Å²) in [6.07, 6.45) is 8.81. The lowest BCUT2D eigenvalue weighted by Gasteiger charge is -2.32. The summed E-state index contributed by atoms with van der Waals surface area (Å²) in [6.45, 7) is 3.39. The molecule has 2 fully saturated rings. The molecule has 8 nitrogen and oxygen atoms in total. The van der Waals surface area contributed by atoms with Crippen molar-refractivity contribution in [3.63, 3.8) is 0 Å². The molecule has 2 saturated heterocycles. The first-order valence-corrected chi connectivity index (χ1v) is 11.6. The lowest BCUT2D eigenvalue weighted by Crippen LogP contribution is -2.74. The molecule has 1 aromatic rings. The molecule has 0 aromatic carbocycles. The van der Waals surface area contributed by atoms with Gasteiger partial charge in [-0.2, -0.15) is 4.98 Å². The maximum absolute atomic E-state index is 12.5. The summed E-state index contributed by atoms with van der Waals surface area (Å²) in [4.78, 5) is 17.2. The molecule has 1 aromatic heterocycles. The van der Waals surface area contributed by atoms with E-state index in [4.69, 9.17) is 14.7 Å². The second-order valence-electron chi connectivity index (χ2n) is 7.80. The van der Waals surface area contributed by atoms with Gasteiger partial charge in [0.05, 0.1) is 16.5 Å². The SMILES string of the molecule is O=S1CCc2nc(N3CCC(C4=C[NH2+]C=N4)CC3)nc(NC3CCOCC3)c21. The van der Waals surface area contributed by atoms with Crippen molar-refractivity contribution in [2.24, 2.45) is 10.9 Å². The molecule has 0 radical (unpaired) electrons. The van der Waals surface area contributed by atoms with E-state index in [1.165, 1.54) is 5.70 Å². The predicted molar refractivity (Wildman–Crippen MR) is 108 cm³/mol. The van der Waals surface area contributed by atoms with E-state index in [1.807, 2.05) is 11.7 Å². The number of aliphatic imine (C=N–C) groups is 1. The summed E-state index contributed by atoms with van der Waals surface area (Å²) in [5.74, 6) is 2.73. The number of hydrogen-bond acceptors (Lipinski definition) is 7. The first-order valence-electron chi connectivity index (χ1n) is 10.2. The molecule has 4 aliphatic rings. The number of nitrogens with zero attached hydrogens (tertiary/aromatic N) is 4. The third-order valence-electron chi connectivity index (χ3n) is 6.01. The summed E-state index contributed by atoms with van der Waals surface area (Å²) >= 11 is 0. The summed E-state index contributed by atoms with van der Waals surface area (Å²) in [6, 6.07) is 0.326. The van der Waals surface area contributed by atoms with E-state index in [-0.39, 0.29) is 0 Å². The number of rotatable bonds is 4. The Kier molecular flexibility index (Phi) is 5.13. The van der Waals surface area contributed by atoms with Crippen LogP contribution in [0.5, 0.6) is 0 Å². The Labute approximate surface area is 167 Å². The van der Waals surface area contributed by atoms with Crippen LogP contribution < -0.4 is 15.5 Å². The Bertz CT molecular complexity index is 828. The average Bonchev–Trinajstić information content (AvgIpc) is 3.39. The quantitative estimate of drug-likeness (QED) is 0.755. The number of ether oxygens (including phenoxy) is 1. The first kappa shape index (κ1) is 18.2. The van der Waals surface area contributed by atoms with Crippen LogP contribution in [-0.4, -0.2) is 58.6 Å². The number of quaternary nitrogens is 1. The Morgan fingerprint density at radius 2 is 2.00 bits per heavy atom. The number of allylic oxidation sites excluding steroid dienone is 1. The van der Waals surface area contributed by atoms with Crippen molar-refractivity contribution in [1.82, 2.24) is 9.97 Å². The molecule has 5 heterocycles. The van der Waals surface area contributed by atoms with Gasteiger partial charge in [0, 0.05) is 50.4 Å². The number of hydrogen-bond donors (Lipinski definition) is 2. The maximum Gasteiger partial charge on any atom is 0.227 e. The van der Waals surface area contributed by atoms with Gasteiger partial charge < -0.3 is 15.0 Å². The molecular weight excluding hydrogens is 376 g/mol. The largest absolute Gasteiger partial charge is 0.381 e. The zero-order valence-corrected chi connectivity index (χ0v) is 16.8. The fourth-order valence-corrected chi connectivity index (χ4v) is 5.70. The molecule has 3 N–H and O–H groups in total. The molecule has 1 unspecified atom stereocenters. The molecule has 0 bridgehead atoms. The number of nitrogens with two attached hydrogens (primary N) is 1. The van der Waals surface area contributed by atoms with Crippen LogP contribution in [0.1, 0.15) is 31.4 Å².